The molecule has 4 aromatic rings. The Bertz CT molecular complexity index is 1490. The van der Waals surface area contributed by atoms with Gasteiger partial charge in [0.2, 0.25) is 5.95 Å². The number of nitrogens with one attached hydrogen (secondary N) is 1. The second kappa shape index (κ2) is 10.2. The van der Waals surface area contributed by atoms with Crippen LogP contribution in [0.4, 0.5) is 11.6 Å². The van der Waals surface area contributed by atoms with Gasteiger partial charge in [0.05, 0.1) is 12.6 Å². The molecule has 2 aromatic carbocycles. The summed E-state index contributed by atoms with van der Waals surface area (Å²) in [6, 6.07) is 18.7. The van der Waals surface area contributed by atoms with Gasteiger partial charge in [-0.15, -0.1) is 11.8 Å². The number of aromatic nitrogens is 3. The van der Waals surface area contributed by atoms with Crippen LogP contribution < -0.4 is 15.6 Å². The van der Waals surface area contributed by atoms with Crippen LogP contribution in [0.15, 0.2) is 70.5 Å². The highest BCUT2D eigenvalue weighted by Crippen LogP contribution is 2.36. The number of hydrogen-bond donors (Lipinski definition) is 1. The summed E-state index contributed by atoms with van der Waals surface area (Å²) in [6.07, 6.45) is 3.75. The smallest absolute Gasteiger partial charge is 0.294 e. The number of likely N-dealkylation sites (tertiary alicyclic amines) is 1. The minimum atomic E-state index is -0.144. The van der Waals surface area contributed by atoms with Crippen LogP contribution in [-0.4, -0.2) is 51.9 Å². The normalized spacial score (nSPS) is 19.6. The van der Waals surface area contributed by atoms with E-state index < -0.39 is 0 Å². The summed E-state index contributed by atoms with van der Waals surface area (Å²) in [6.45, 7) is 4.57. The van der Waals surface area contributed by atoms with E-state index in [1.54, 1.807) is 24.0 Å². The second-order valence-corrected chi connectivity index (χ2v) is 10.9. The number of rotatable bonds is 6. The van der Waals surface area contributed by atoms with Crippen molar-refractivity contribution < 1.29 is 4.74 Å². The number of thioether (sulfide) groups is 1. The number of fused-ring (bicyclic) bond motifs is 2. The number of ether oxygens (including phenoxy) is 1. The average Bonchev–Trinajstić information content (AvgIpc) is 3.36. The van der Waals surface area contributed by atoms with Crippen molar-refractivity contribution in [3.63, 3.8) is 0 Å². The third-order valence-corrected chi connectivity index (χ3v) is 8.55. The Morgan fingerprint density at radius 3 is 2.78 bits per heavy atom. The standard InChI is InChI=1S/C29H31N5O2S/c1-3-36-25-15-22-16-30-29(31-23-10-8-19(9-11-23)21-12-13-33(2)17-21)32-27(22)34(28(25)35)24-14-20-6-4-5-7-26(20)37-18-24/h4-11,15-16,21,24H,3,12-14,17-18H2,1-2H3,(H,30,31,32). The maximum absolute atomic E-state index is 13.6. The Morgan fingerprint density at radius 2 is 2.00 bits per heavy atom. The Labute approximate surface area is 220 Å². The third-order valence-electron chi connectivity index (χ3n) is 7.29. The fourth-order valence-corrected chi connectivity index (χ4v) is 6.56. The summed E-state index contributed by atoms with van der Waals surface area (Å²) in [5.41, 5.74) is 4.03. The first-order valence-electron chi connectivity index (χ1n) is 12.9. The molecule has 6 rings (SSSR count). The van der Waals surface area contributed by atoms with Gasteiger partial charge in [0.15, 0.2) is 5.75 Å². The highest BCUT2D eigenvalue weighted by Gasteiger charge is 2.25. The molecule has 7 nitrogen and oxygen atoms in total. The van der Waals surface area contributed by atoms with E-state index in [1.807, 2.05) is 11.5 Å². The third kappa shape index (κ3) is 4.83. The molecule has 0 saturated carbocycles. The molecule has 0 aliphatic carbocycles. The summed E-state index contributed by atoms with van der Waals surface area (Å²) in [7, 11) is 2.18. The van der Waals surface area contributed by atoms with Crippen LogP contribution in [0.1, 0.15) is 36.4 Å². The van der Waals surface area contributed by atoms with Gasteiger partial charge >= 0.3 is 0 Å². The lowest BCUT2D eigenvalue weighted by atomic mass is 9.98. The minimum absolute atomic E-state index is 0.0260. The average molecular weight is 514 g/mol. The van der Waals surface area contributed by atoms with Crippen molar-refractivity contribution in [1.29, 1.82) is 0 Å². The van der Waals surface area contributed by atoms with Crippen LogP contribution in [0.5, 0.6) is 5.75 Å². The van der Waals surface area contributed by atoms with Crippen molar-refractivity contribution in [2.75, 3.05) is 37.8 Å². The zero-order valence-corrected chi connectivity index (χ0v) is 22.0. The molecule has 0 radical (unpaired) electrons. The SMILES string of the molecule is CCOc1cc2cnc(Nc3ccc(C4CCN(C)C4)cc3)nc2n(C2CSc3ccccc3C2)c1=O. The second-order valence-electron chi connectivity index (χ2n) is 9.86. The highest BCUT2D eigenvalue weighted by molar-refractivity contribution is 7.99. The van der Waals surface area contributed by atoms with Gasteiger partial charge in [-0.3, -0.25) is 9.36 Å². The van der Waals surface area contributed by atoms with E-state index in [4.69, 9.17) is 9.72 Å². The first-order valence-corrected chi connectivity index (χ1v) is 13.9. The number of hydrogen-bond acceptors (Lipinski definition) is 7. The van der Waals surface area contributed by atoms with Crippen LogP contribution >= 0.6 is 11.8 Å². The zero-order valence-electron chi connectivity index (χ0n) is 21.2. The first-order chi connectivity index (χ1) is 18.1. The van der Waals surface area contributed by atoms with Crippen molar-refractivity contribution >= 4 is 34.4 Å². The van der Waals surface area contributed by atoms with E-state index in [-0.39, 0.29) is 11.6 Å². The van der Waals surface area contributed by atoms with Gasteiger partial charge in [-0.1, -0.05) is 30.3 Å². The molecule has 1 N–H and O–H groups in total. The molecule has 1 saturated heterocycles. The fraction of sp³-hybridized carbons (Fsp3) is 0.345. The molecule has 190 valence electrons. The molecular weight excluding hydrogens is 482 g/mol. The molecule has 37 heavy (non-hydrogen) atoms. The summed E-state index contributed by atoms with van der Waals surface area (Å²) in [5, 5.41) is 4.13. The lowest BCUT2D eigenvalue weighted by molar-refractivity contribution is 0.331. The molecule has 2 unspecified atom stereocenters. The predicted octanol–water partition coefficient (Wildman–Crippen LogP) is 5.24. The maximum atomic E-state index is 13.6. The lowest BCUT2D eigenvalue weighted by Gasteiger charge is -2.27. The monoisotopic (exact) mass is 513 g/mol. The van der Waals surface area contributed by atoms with Gasteiger partial charge in [-0.25, -0.2) is 4.98 Å². The molecule has 2 atom stereocenters. The largest absolute Gasteiger partial charge is 0.488 e. The van der Waals surface area contributed by atoms with Crippen molar-refractivity contribution in [3.8, 4) is 5.75 Å². The van der Waals surface area contributed by atoms with E-state index in [0.29, 0.717) is 29.9 Å². The number of anilines is 2. The molecular formula is C29H31N5O2S. The van der Waals surface area contributed by atoms with Gasteiger partial charge in [0, 0.05) is 34.5 Å². The van der Waals surface area contributed by atoms with Crippen molar-refractivity contribution in [3.05, 3.63) is 82.3 Å². The van der Waals surface area contributed by atoms with E-state index >= 15 is 0 Å². The van der Waals surface area contributed by atoms with Crippen LogP contribution in [-0.2, 0) is 6.42 Å². The quantitative estimate of drug-likeness (QED) is 0.378. The number of pyridine rings is 1. The van der Waals surface area contributed by atoms with E-state index in [0.717, 1.165) is 36.3 Å². The summed E-state index contributed by atoms with van der Waals surface area (Å²) >= 11 is 1.78. The Hall–Kier alpha value is -3.36. The first kappa shape index (κ1) is 24.0. The van der Waals surface area contributed by atoms with Crippen LogP contribution in [0, 0.1) is 0 Å². The molecule has 2 aliphatic heterocycles. The number of nitrogens with zero attached hydrogens (tertiary/aromatic N) is 4. The molecule has 0 amide bonds. The van der Waals surface area contributed by atoms with E-state index in [2.05, 4.69) is 70.8 Å². The Kier molecular flexibility index (Phi) is 6.61. The molecule has 2 aromatic heterocycles. The van der Waals surface area contributed by atoms with E-state index in [1.165, 1.54) is 22.4 Å². The van der Waals surface area contributed by atoms with Gasteiger partial charge in [0.25, 0.3) is 5.56 Å². The predicted molar refractivity (Wildman–Crippen MR) is 149 cm³/mol. The minimum Gasteiger partial charge on any atom is -0.488 e. The van der Waals surface area contributed by atoms with Crippen molar-refractivity contribution in [2.45, 2.75) is 36.6 Å². The van der Waals surface area contributed by atoms with Crippen LogP contribution in [0.3, 0.4) is 0 Å². The van der Waals surface area contributed by atoms with Crippen molar-refractivity contribution in [1.82, 2.24) is 19.4 Å². The molecule has 0 spiro atoms. The summed E-state index contributed by atoms with van der Waals surface area (Å²) in [5.74, 6) is 2.20. The number of benzene rings is 2. The summed E-state index contributed by atoms with van der Waals surface area (Å²) < 4.78 is 7.53. The molecule has 0 bridgehead atoms. The zero-order chi connectivity index (χ0) is 25.4. The van der Waals surface area contributed by atoms with Crippen molar-refractivity contribution in [2.24, 2.45) is 0 Å². The molecule has 4 heterocycles. The fourth-order valence-electron chi connectivity index (χ4n) is 5.41. The van der Waals surface area contributed by atoms with E-state index in [9.17, 15) is 4.79 Å². The Morgan fingerprint density at radius 1 is 1.16 bits per heavy atom. The van der Waals surface area contributed by atoms with Crippen LogP contribution in [0.25, 0.3) is 11.0 Å². The van der Waals surface area contributed by atoms with Gasteiger partial charge in [-0.05, 0) is 74.7 Å². The lowest BCUT2D eigenvalue weighted by Crippen LogP contribution is -2.31. The Balaban J connectivity index is 1.34. The summed E-state index contributed by atoms with van der Waals surface area (Å²) in [4.78, 5) is 26.6. The molecule has 1 fully saturated rings. The van der Waals surface area contributed by atoms with Gasteiger partial charge < -0.3 is 15.0 Å². The molecule has 8 heteroatoms. The maximum Gasteiger partial charge on any atom is 0.294 e. The topological polar surface area (TPSA) is 72.3 Å². The van der Waals surface area contributed by atoms with Gasteiger partial charge in [-0.2, -0.15) is 4.98 Å². The highest BCUT2D eigenvalue weighted by atomic mass is 32.2. The van der Waals surface area contributed by atoms with Crippen LogP contribution in [0.2, 0.25) is 0 Å². The molecule has 2 aliphatic rings. The van der Waals surface area contributed by atoms with Gasteiger partial charge in [0.1, 0.15) is 5.65 Å². The number of likely N-dealkylation sites (N-methyl/N-ethyl adjacent to an activating group) is 1.